The van der Waals surface area contributed by atoms with E-state index in [0.717, 1.165) is 5.56 Å². The summed E-state index contributed by atoms with van der Waals surface area (Å²) < 4.78 is 19.5. The van der Waals surface area contributed by atoms with Crippen LogP contribution in [0.4, 0.5) is 10.1 Å². The van der Waals surface area contributed by atoms with Crippen molar-refractivity contribution in [3.05, 3.63) is 127 Å². The Kier molecular flexibility index (Phi) is 8.11. The fraction of sp³-hybridized carbons (Fsp3) is 0.103. The van der Waals surface area contributed by atoms with Crippen molar-refractivity contribution in [2.75, 3.05) is 11.4 Å². The summed E-state index contributed by atoms with van der Waals surface area (Å²) in [6.07, 6.45) is 7.82. The number of amides is 2. The van der Waals surface area contributed by atoms with Gasteiger partial charge in [0, 0.05) is 48.5 Å². The molecule has 1 atom stereocenters. The smallest absolute Gasteiger partial charge is 0.277 e. The highest BCUT2D eigenvalue weighted by molar-refractivity contribution is 6.09. The highest BCUT2D eigenvalue weighted by Crippen LogP contribution is 2.32. The normalized spacial score (nSPS) is 11.4. The molecular formula is C29H24FN7O3. The molecule has 0 fully saturated rings. The molecule has 0 saturated carbocycles. The van der Waals surface area contributed by atoms with E-state index in [-0.39, 0.29) is 23.9 Å². The number of aromatic nitrogens is 5. The van der Waals surface area contributed by atoms with Crippen molar-refractivity contribution in [2.45, 2.75) is 12.5 Å². The molecule has 0 radical (unpaired) electrons. The zero-order valence-electron chi connectivity index (χ0n) is 21.1. The molecule has 2 amide bonds. The van der Waals surface area contributed by atoms with Gasteiger partial charge in [0.1, 0.15) is 23.3 Å². The largest absolute Gasteiger partial charge is 0.437 e. The number of pyridine rings is 1. The van der Waals surface area contributed by atoms with Gasteiger partial charge >= 0.3 is 0 Å². The molecule has 5 aromatic rings. The van der Waals surface area contributed by atoms with E-state index in [1.807, 2.05) is 0 Å². The summed E-state index contributed by atoms with van der Waals surface area (Å²) in [5.41, 5.74) is 1.79. The first-order valence-corrected chi connectivity index (χ1v) is 12.4. The molecule has 0 aliphatic rings. The average molecular weight is 538 g/mol. The number of H-pyrrole nitrogens is 1. The first-order valence-electron chi connectivity index (χ1n) is 12.4. The molecule has 0 bridgehead atoms. The number of nitrogens with zero attached hydrogens (tertiary/aromatic N) is 5. The van der Waals surface area contributed by atoms with Crippen LogP contribution in [0, 0.1) is 5.82 Å². The van der Waals surface area contributed by atoms with Crippen molar-refractivity contribution < 1.29 is 18.7 Å². The first-order chi connectivity index (χ1) is 19.6. The highest BCUT2D eigenvalue weighted by atomic mass is 19.1. The number of aromatic amines is 1. The average Bonchev–Trinajstić information content (AvgIpc) is 3.52. The summed E-state index contributed by atoms with van der Waals surface area (Å²) in [6.45, 7) is 0.223. The van der Waals surface area contributed by atoms with Crippen LogP contribution >= 0.6 is 0 Å². The van der Waals surface area contributed by atoms with Crippen LogP contribution in [-0.4, -0.2) is 43.5 Å². The summed E-state index contributed by atoms with van der Waals surface area (Å²) >= 11 is 0. The maximum absolute atomic E-state index is 13.9. The zero-order valence-corrected chi connectivity index (χ0v) is 21.1. The van der Waals surface area contributed by atoms with Gasteiger partial charge in [-0.25, -0.2) is 9.37 Å². The van der Waals surface area contributed by atoms with Crippen LogP contribution in [-0.2, 0) is 11.2 Å². The lowest BCUT2D eigenvalue weighted by Crippen LogP contribution is -2.44. The quantitative estimate of drug-likeness (QED) is 0.272. The third-order valence-corrected chi connectivity index (χ3v) is 5.92. The van der Waals surface area contributed by atoms with Gasteiger partial charge < -0.3 is 15.0 Å². The first kappa shape index (κ1) is 26.2. The van der Waals surface area contributed by atoms with Crippen LogP contribution in [0.15, 0.2) is 104 Å². The minimum atomic E-state index is -1.11. The van der Waals surface area contributed by atoms with Crippen molar-refractivity contribution in [1.29, 1.82) is 0 Å². The van der Waals surface area contributed by atoms with Gasteiger partial charge in [-0.1, -0.05) is 24.3 Å². The number of hydrogen-bond donors (Lipinski definition) is 2. The summed E-state index contributed by atoms with van der Waals surface area (Å²) in [7, 11) is 0. The molecule has 3 heterocycles. The topological polar surface area (TPSA) is 126 Å². The number of benzene rings is 2. The van der Waals surface area contributed by atoms with Crippen molar-refractivity contribution in [3.63, 3.8) is 0 Å². The zero-order chi connectivity index (χ0) is 27.7. The van der Waals surface area contributed by atoms with Crippen LogP contribution in [0.2, 0.25) is 0 Å². The predicted molar refractivity (Wildman–Crippen MR) is 144 cm³/mol. The monoisotopic (exact) mass is 537 g/mol. The Morgan fingerprint density at radius 3 is 2.60 bits per heavy atom. The molecule has 2 N–H and O–H groups in total. The summed E-state index contributed by atoms with van der Waals surface area (Å²) in [6, 6.07) is 18.6. The number of carbonyl (C=O) groups excluding carboxylic acids is 2. The molecule has 11 heteroatoms. The van der Waals surface area contributed by atoms with E-state index < -0.39 is 17.9 Å². The molecule has 200 valence electrons. The Balaban J connectivity index is 1.49. The molecule has 1 unspecified atom stereocenters. The maximum atomic E-state index is 13.9. The predicted octanol–water partition coefficient (Wildman–Crippen LogP) is 4.27. The van der Waals surface area contributed by atoms with E-state index in [1.54, 1.807) is 66.9 Å². The summed E-state index contributed by atoms with van der Waals surface area (Å²) in [4.78, 5) is 40.0. The Bertz CT molecular complexity index is 1570. The third kappa shape index (κ3) is 6.33. The van der Waals surface area contributed by atoms with Gasteiger partial charge in [-0.3, -0.25) is 19.5 Å². The Hall–Kier alpha value is -5.45. The van der Waals surface area contributed by atoms with Crippen LogP contribution in [0.3, 0.4) is 0 Å². The lowest BCUT2D eigenvalue weighted by atomic mass is 10.0. The molecule has 0 spiro atoms. The Morgan fingerprint density at radius 1 is 0.975 bits per heavy atom. The lowest BCUT2D eigenvalue weighted by molar-refractivity contribution is -0.122. The van der Waals surface area contributed by atoms with Crippen LogP contribution < -0.4 is 15.0 Å². The second kappa shape index (κ2) is 12.4. The van der Waals surface area contributed by atoms with Gasteiger partial charge in [-0.05, 0) is 48.4 Å². The number of carbonyl (C=O) groups is 2. The van der Waals surface area contributed by atoms with Crippen LogP contribution in [0.25, 0.3) is 0 Å². The van der Waals surface area contributed by atoms with Crippen LogP contribution in [0.5, 0.6) is 11.6 Å². The van der Waals surface area contributed by atoms with Gasteiger partial charge in [0.2, 0.25) is 11.8 Å². The third-order valence-electron chi connectivity index (χ3n) is 5.92. The standard InChI is InChI=1S/C29H24FN7O3/c30-22-7-1-5-20(15-22)11-14-33-28(38)27(21-6-3-12-31-17-21)37(29(39)25-18-32-19-34-25)23-8-2-9-24(16-23)40-26-10-4-13-35-36-26/h1-10,12-13,15-19,27H,11,14H2,(H,32,34)(H,33,38). The number of rotatable bonds is 10. The molecule has 5 rings (SSSR count). The maximum Gasteiger partial charge on any atom is 0.277 e. The van der Waals surface area contributed by atoms with Gasteiger partial charge in [0.05, 0.1) is 12.5 Å². The fourth-order valence-corrected chi connectivity index (χ4v) is 4.12. The molecule has 3 aromatic heterocycles. The van der Waals surface area contributed by atoms with Crippen molar-refractivity contribution in [1.82, 2.24) is 30.5 Å². The summed E-state index contributed by atoms with van der Waals surface area (Å²) in [5, 5.41) is 10.6. The molecule has 0 aliphatic carbocycles. The molecular weight excluding hydrogens is 513 g/mol. The second-order valence-corrected chi connectivity index (χ2v) is 8.66. The van der Waals surface area contributed by atoms with E-state index in [0.29, 0.717) is 23.4 Å². The minimum Gasteiger partial charge on any atom is -0.437 e. The number of halogens is 1. The van der Waals surface area contributed by atoms with Crippen LogP contribution in [0.1, 0.15) is 27.7 Å². The molecule has 10 nitrogen and oxygen atoms in total. The van der Waals surface area contributed by atoms with Gasteiger partial charge in [-0.2, -0.15) is 5.10 Å². The van der Waals surface area contributed by atoms with Gasteiger partial charge in [0.25, 0.3) is 5.91 Å². The highest BCUT2D eigenvalue weighted by Gasteiger charge is 2.34. The molecule has 0 saturated heterocycles. The number of ether oxygens (including phenoxy) is 1. The fourth-order valence-electron chi connectivity index (χ4n) is 4.12. The molecule has 2 aromatic carbocycles. The van der Waals surface area contributed by atoms with E-state index in [1.165, 1.54) is 42.0 Å². The second-order valence-electron chi connectivity index (χ2n) is 8.66. The number of nitrogens with one attached hydrogen (secondary N) is 2. The van der Waals surface area contributed by atoms with E-state index in [4.69, 9.17) is 4.74 Å². The Morgan fingerprint density at radius 2 is 1.85 bits per heavy atom. The number of imidazole rings is 1. The minimum absolute atomic E-state index is 0.182. The SMILES string of the molecule is O=C(NCCc1cccc(F)c1)C(c1cccnc1)N(C(=O)c1cnc[nH]1)c1cccc(Oc2cccnn2)c1. The number of anilines is 1. The van der Waals surface area contributed by atoms with Gasteiger partial charge in [-0.15, -0.1) is 5.10 Å². The van der Waals surface area contributed by atoms with Gasteiger partial charge in [0.15, 0.2) is 0 Å². The number of hydrogen-bond acceptors (Lipinski definition) is 7. The van der Waals surface area contributed by atoms with Crippen molar-refractivity contribution in [3.8, 4) is 11.6 Å². The lowest BCUT2D eigenvalue weighted by Gasteiger charge is -2.31. The van der Waals surface area contributed by atoms with Crippen molar-refractivity contribution in [2.24, 2.45) is 0 Å². The molecule has 40 heavy (non-hydrogen) atoms. The Labute approximate surface area is 228 Å². The van der Waals surface area contributed by atoms with E-state index >= 15 is 0 Å². The van der Waals surface area contributed by atoms with Crippen molar-refractivity contribution >= 4 is 17.5 Å². The van der Waals surface area contributed by atoms with E-state index in [9.17, 15) is 14.0 Å². The summed E-state index contributed by atoms with van der Waals surface area (Å²) in [5.74, 6) is -0.639. The van der Waals surface area contributed by atoms with E-state index in [2.05, 4.69) is 30.5 Å². The molecule has 0 aliphatic heterocycles.